The normalized spacial score (nSPS) is 40.0. The minimum atomic E-state index is -5.93. The van der Waals surface area contributed by atoms with Gasteiger partial charge in [-0.05, 0) is 62.2 Å². The van der Waals surface area contributed by atoms with E-state index in [0.29, 0.717) is 31.5 Å². The topological polar surface area (TPSA) is 102 Å². The van der Waals surface area contributed by atoms with Crippen molar-refractivity contribution in [3.63, 3.8) is 0 Å². The first kappa shape index (κ1) is 20.8. The minimum Gasteiger partial charge on any atom is -0.372 e. The summed E-state index contributed by atoms with van der Waals surface area (Å²) in [7, 11) is -10.6. The number of alkyl halides is 3. The lowest BCUT2D eigenvalue weighted by Crippen LogP contribution is -2.57. The van der Waals surface area contributed by atoms with Gasteiger partial charge in [-0.25, -0.2) is 16.8 Å². The Labute approximate surface area is 162 Å². The van der Waals surface area contributed by atoms with E-state index in [0.717, 1.165) is 36.2 Å². The molecule has 0 radical (unpaired) electrons. The van der Waals surface area contributed by atoms with Gasteiger partial charge in [0.25, 0.3) is 0 Å². The molecule has 4 aliphatic carbocycles. The van der Waals surface area contributed by atoms with Gasteiger partial charge >= 0.3 is 15.5 Å². The van der Waals surface area contributed by atoms with Crippen molar-refractivity contribution in [1.82, 2.24) is 4.13 Å². The Kier molecular flexibility index (Phi) is 4.86. The molecule has 12 heteroatoms. The van der Waals surface area contributed by atoms with Crippen LogP contribution in [0, 0.1) is 17.3 Å². The van der Waals surface area contributed by atoms with Gasteiger partial charge in [0.1, 0.15) is 6.10 Å². The molecular formula is C16H24F3NO6S2. The summed E-state index contributed by atoms with van der Waals surface area (Å²) < 4.78 is 96.1. The molecule has 1 heterocycles. The van der Waals surface area contributed by atoms with E-state index in [2.05, 4.69) is 0 Å². The van der Waals surface area contributed by atoms with Gasteiger partial charge in [0, 0.05) is 0 Å². The van der Waals surface area contributed by atoms with E-state index in [1.807, 2.05) is 0 Å². The van der Waals surface area contributed by atoms with Crippen LogP contribution in [0.5, 0.6) is 0 Å². The van der Waals surface area contributed by atoms with Crippen molar-refractivity contribution in [2.75, 3.05) is 19.0 Å². The number of epoxide rings is 1. The number of hydrogen-bond donors (Lipinski definition) is 1. The second-order valence-electron chi connectivity index (χ2n) is 9.01. The van der Waals surface area contributed by atoms with Gasteiger partial charge in [0.05, 0.1) is 24.6 Å². The van der Waals surface area contributed by atoms with Crippen LogP contribution in [0.1, 0.15) is 44.9 Å². The predicted octanol–water partition coefficient (Wildman–Crippen LogP) is 1.90. The van der Waals surface area contributed by atoms with E-state index in [1.165, 1.54) is 0 Å². The van der Waals surface area contributed by atoms with Crippen molar-refractivity contribution in [1.29, 1.82) is 0 Å². The van der Waals surface area contributed by atoms with Gasteiger partial charge in [-0.2, -0.15) is 13.2 Å². The molecule has 1 N–H and O–H groups in total. The Morgan fingerprint density at radius 3 is 2.21 bits per heavy atom. The number of hydrogen-bond acceptors (Lipinski definition) is 6. The van der Waals surface area contributed by atoms with Crippen LogP contribution >= 0.6 is 0 Å². The van der Waals surface area contributed by atoms with Crippen LogP contribution in [-0.2, 0) is 29.5 Å². The third-order valence-corrected chi connectivity index (χ3v) is 9.79. The molecule has 0 aromatic heterocycles. The summed E-state index contributed by atoms with van der Waals surface area (Å²) in [4.78, 5) is 0. The summed E-state index contributed by atoms with van der Waals surface area (Å²) in [5.41, 5.74) is -6.31. The van der Waals surface area contributed by atoms with Gasteiger partial charge in [0.2, 0.25) is 10.0 Å². The van der Waals surface area contributed by atoms with Gasteiger partial charge in [-0.15, -0.1) is 4.13 Å². The zero-order chi connectivity index (χ0) is 20.4. The molecule has 4 saturated carbocycles. The van der Waals surface area contributed by atoms with E-state index >= 15 is 0 Å². The summed E-state index contributed by atoms with van der Waals surface area (Å²) in [5.74, 6) is 0.177. The standard InChI is InChI=1S/C16H24F3NO6S2/c17-16(18,19)28(23,24)20-27(21,22)2-1-14-4-11-3-12(5-14)7-15(6-11,10-14)26-9-13-8-25-13/h11-13,20H,1-10H2. The molecule has 1 aliphatic heterocycles. The summed E-state index contributed by atoms with van der Waals surface area (Å²) in [5, 5.41) is 0. The van der Waals surface area contributed by atoms with Crippen LogP contribution in [0.4, 0.5) is 13.2 Å². The molecule has 3 unspecified atom stereocenters. The van der Waals surface area contributed by atoms with Crippen LogP contribution in [-0.4, -0.2) is 53.0 Å². The Bertz CT molecular complexity index is 823. The Morgan fingerprint density at radius 2 is 1.68 bits per heavy atom. The first-order chi connectivity index (χ1) is 12.8. The summed E-state index contributed by atoms with van der Waals surface area (Å²) in [6.07, 6.45) is 5.47. The van der Waals surface area contributed by atoms with E-state index < -0.39 is 31.3 Å². The smallest absolute Gasteiger partial charge is 0.372 e. The van der Waals surface area contributed by atoms with Gasteiger partial charge in [0.15, 0.2) is 0 Å². The van der Waals surface area contributed by atoms with Crippen molar-refractivity contribution >= 4 is 20.0 Å². The maximum atomic E-state index is 12.5. The fraction of sp³-hybridized carbons (Fsp3) is 1.00. The average molecular weight is 447 g/mol. The maximum Gasteiger partial charge on any atom is 0.512 e. The number of sulfonamides is 2. The number of nitrogens with one attached hydrogen (secondary N) is 1. The second-order valence-corrected chi connectivity index (χ2v) is 12.8. The molecule has 4 bridgehead atoms. The molecular weight excluding hydrogens is 423 g/mol. The second kappa shape index (κ2) is 6.53. The van der Waals surface area contributed by atoms with Gasteiger partial charge in [-0.3, -0.25) is 0 Å². The highest BCUT2D eigenvalue weighted by Crippen LogP contribution is 2.64. The Balaban J connectivity index is 1.44. The summed E-state index contributed by atoms with van der Waals surface area (Å²) in [6, 6.07) is 0. The van der Waals surface area contributed by atoms with Crippen LogP contribution in [0.25, 0.3) is 0 Å². The van der Waals surface area contributed by atoms with Gasteiger partial charge in [-0.1, -0.05) is 0 Å². The third-order valence-electron chi connectivity index (χ3n) is 6.55. The van der Waals surface area contributed by atoms with Crippen molar-refractivity contribution < 1.29 is 39.5 Å². The van der Waals surface area contributed by atoms with Crippen LogP contribution in [0.2, 0.25) is 0 Å². The highest BCUT2D eigenvalue weighted by Gasteiger charge is 2.58. The summed E-state index contributed by atoms with van der Waals surface area (Å²) in [6.45, 7) is 1.20. The lowest BCUT2D eigenvalue weighted by molar-refractivity contribution is -0.194. The molecule has 5 fully saturated rings. The monoisotopic (exact) mass is 447 g/mol. The molecule has 3 atom stereocenters. The van der Waals surface area contributed by atoms with Crippen LogP contribution in [0.3, 0.4) is 0 Å². The lowest BCUT2D eigenvalue weighted by Gasteiger charge is -2.62. The number of ether oxygens (including phenoxy) is 2. The number of halogens is 3. The highest BCUT2D eigenvalue weighted by atomic mass is 32.3. The van der Waals surface area contributed by atoms with Crippen molar-refractivity contribution in [3.05, 3.63) is 0 Å². The van der Waals surface area contributed by atoms with Gasteiger partial charge < -0.3 is 9.47 Å². The SMILES string of the molecule is O=S(=O)(CCC12CC3CC(C1)CC(OCC1CO1)(C3)C2)NS(=O)(=O)C(F)(F)F. The van der Waals surface area contributed by atoms with E-state index in [9.17, 15) is 30.0 Å². The Morgan fingerprint density at radius 1 is 1.07 bits per heavy atom. The van der Waals surface area contributed by atoms with Crippen LogP contribution in [0.15, 0.2) is 0 Å². The molecule has 0 aromatic carbocycles. The van der Waals surface area contributed by atoms with Crippen molar-refractivity contribution in [2.24, 2.45) is 17.3 Å². The average Bonchev–Trinajstić information content (AvgIpc) is 3.32. The van der Waals surface area contributed by atoms with Crippen molar-refractivity contribution in [3.8, 4) is 0 Å². The molecule has 28 heavy (non-hydrogen) atoms. The van der Waals surface area contributed by atoms with E-state index in [4.69, 9.17) is 9.47 Å². The fourth-order valence-electron chi connectivity index (χ4n) is 5.87. The minimum absolute atomic E-state index is 0.126. The van der Waals surface area contributed by atoms with E-state index in [-0.39, 0.29) is 23.5 Å². The maximum absolute atomic E-state index is 12.5. The molecule has 5 rings (SSSR count). The Hall–Kier alpha value is -0.430. The first-order valence-corrected chi connectivity index (χ1v) is 12.5. The molecule has 0 spiro atoms. The molecule has 5 aliphatic rings. The summed E-state index contributed by atoms with van der Waals surface area (Å²) >= 11 is 0. The molecule has 0 aromatic rings. The zero-order valence-corrected chi connectivity index (χ0v) is 16.8. The zero-order valence-electron chi connectivity index (χ0n) is 15.2. The molecule has 162 valence electrons. The largest absolute Gasteiger partial charge is 0.512 e. The predicted molar refractivity (Wildman–Crippen MR) is 92.1 cm³/mol. The van der Waals surface area contributed by atoms with Crippen molar-refractivity contribution in [2.45, 2.75) is 62.2 Å². The first-order valence-electron chi connectivity index (χ1n) is 9.39. The van der Waals surface area contributed by atoms with E-state index in [1.54, 1.807) is 0 Å². The molecule has 0 amide bonds. The molecule has 1 saturated heterocycles. The third kappa shape index (κ3) is 4.21. The molecule has 7 nitrogen and oxygen atoms in total. The van der Waals surface area contributed by atoms with Crippen LogP contribution < -0.4 is 4.13 Å². The highest BCUT2D eigenvalue weighted by molar-refractivity contribution is 8.05. The number of rotatable bonds is 8. The fourth-order valence-corrected chi connectivity index (χ4v) is 8.62. The lowest BCUT2D eigenvalue weighted by atomic mass is 9.47. The quantitative estimate of drug-likeness (QED) is 0.571.